The topological polar surface area (TPSA) is 58.2 Å². The molecule has 0 spiro atoms. The van der Waals surface area contributed by atoms with Crippen molar-refractivity contribution in [3.8, 4) is 0 Å². The molecule has 3 atom stereocenters. The second-order valence-electron chi connectivity index (χ2n) is 11.6. The van der Waals surface area contributed by atoms with Crippen molar-refractivity contribution in [2.75, 3.05) is 20.1 Å². The molecule has 2 bridgehead atoms. The summed E-state index contributed by atoms with van der Waals surface area (Å²) < 4.78 is 6.41. The largest absolute Gasteiger partial charge is 0.458 e. The van der Waals surface area contributed by atoms with E-state index in [4.69, 9.17) is 9.72 Å². The Labute approximate surface area is 221 Å². The third kappa shape index (κ3) is 5.67. The van der Waals surface area contributed by atoms with Crippen LogP contribution in [0.2, 0.25) is 0 Å². The molecule has 1 saturated carbocycles. The molecule has 196 valence electrons. The van der Waals surface area contributed by atoms with Gasteiger partial charge in [-0.2, -0.15) is 0 Å². The number of H-pyrrole nitrogens is 1. The number of nitrogens with one attached hydrogen (secondary N) is 1. The lowest BCUT2D eigenvalue weighted by atomic mass is 9.60. The van der Waals surface area contributed by atoms with Crippen LogP contribution in [0.5, 0.6) is 0 Å². The fourth-order valence-corrected chi connectivity index (χ4v) is 6.15. The minimum atomic E-state index is -0.397. The fourth-order valence-electron chi connectivity index (χ4n) is 6.15. The Morgan fingerprint density at radius 2 is 1.92 bits per heavy atom. The van der Waals surface area contributed by atoms with Gasteiger partial charge in [-0.1, -0.05) is 61.9 Å². The summed E-state index contributed by atoms with van der Waals surface area (Å²) in [7, 11) is 2.19. The molecule has 0 aliphatic heterocycles. The zero-order valence-corrected chi connectivity index (χ0v) is 22.8. The number of benzene rings is 2. The molecule has 5 nitrogen and oxygen atoms in total. The number of fused-ring (bicyclic) bond motifs is 3. The summed E-state index contributed by atoms with van der Waals surface area (Å²) in [5, 5.41) is 0. The third-order valence-electron chi connectivity index (χ3n) is 8.38. The van der Waals surface area contributed by atoms with E-state index >= 15 is 0 Å². The van der Waals surface area contributed by atoms with Crippen LogP contribution in [0.25, 0.3) is 16.6 Å². The number of carbonyl (C=O) groups excluding carboxylic acids is 1. The Hall–Kier alpha value is -2.92. The van der Waals surface area contributed by atoms with E-state index in [0.717, 1.165) is 62.1 Å². The van der Waals surface area contributed by atoms with Crippen molar-refractivity contribution in [1.82, 2.24) is 14.9 Å². The lowest BCUT2D eigenvalue weighted by molar-refractivity contribution is -0.176. The minimum absolute atomic E-state index is 0.0645. The molecular weight excluding hydrogens is 458 g/mol. The first-order chi connectivity index (χ1) is 17.8. The molecule has 1 N–H and O–H groups in total. The van der Waals surface area contributed by atoms with Crippen molar-refractivity contribution < 1.29 is 9.53 Å². The highest BCUT2D eigenvalue weighted by molar-refractivity contribution is 5.75. The lowest BCUT2D eigenvalue weighted by Crippen LogP contribution is -2.51. The first-order valence-corrected chi connectivity index (χ1v) is 14.0. The maximum Gasteiger partial charge on any atom is 0.308 e. The van der Waals surface area contributed by atoms with E-state index < -0.39 is 5.60 Å². The highest BCUT2D eigenvalue weighted by Gasteiger charge is 2.50. The number of hydrogen-bond donors (Lipinski definition) is 1. The molecular formula is C32H41N3O2. The number of hydrogen-bond acceptors (Lipinski definition) is 4. The van der Waals surface area contributed by atoms with Gasteiger partial charge in [-0.3, -0.25) is 4.79 Å². The monoisotopic (exact) mass is 499 g/mol. The molecule has 6 rings (SSSR count). The Morgan fingerprint density at radius 1 is 1.14 bits per heavy atom. The van der Waals surface area contributed by atoms with Gasteiger partial charge >= 0.3 is 5.97 Å². The van der Waals surface area contributed by atoms with E-state index in [9.17, 15) is 4.79 Å². The molecule has 0 amide bonds. The predicted octanol–water partition coefficient (Wildman–Crippen LogP) is 6.58. The van der Waals surface area contributed by atoms with Crippen LogP contribution in [0.3, 0.4) is 0 Å². The molecule has 5 heteroatoms. The Kier molecular flexibility index (Phi) is 7.52. The second kappa shape index (κ2) is 10.8. The van der Waals surface area contributed by atoms with Crippen LogP contribution in [-0.2, 0) is 16.0 Å². The van der Waals surface area contributed by atoms with Gasteiger partial charge in [-0.25, -0.2) is 4.98 Å². The summed E-state index contributed by atoms with van der Waals surface area (Å²) in [5.74, 6) is 1.60. The van der Waals surface area contributed by atoms with Crippen LogP contribution >= 0.6 is 0 Å². The average molecular weight is 500 g/mol. The Balaban J connectivity index is 1.24. The quantitative estimate of drug-likeness (QED) is 0.320. The van der Waals surface area contributed by atoms with Crippen molar-refractivity contribution in [2.24, 2.45) is 17.8 Å². The highest BCUT2D eigenvalue weighted by atomic mass is 16.6. The number of nitrogens with zero attached hydrogens (tertiary/aromatic N) is 2. The van der Waals surface area contributed by atoms with Gasteiger partial charge in [-0.15, -0.1) is 0 Å². The third-order valence-corrected chi connectivity index (χ3v) is 8.38. The van der Waals surface area contributed by atoms with Gasteiger partial charge in [0.2, 0.25) is 0 Å². The molecule has 0 radical (unpaired) electrons. The normalized spacial score (nSPS) is 23.1. The zero-order chi connectivity index (χ0) is 26.0. The number of carbonyl (C=O) groups is 1. The molecule has 3 aromatic rings. The van der Waals surface area contributed by atoms with Gasteiger partial charge in [-0.05, 0) is 75.4 Å². The van der Waals surface area contributed by atoms with Gasteiger partial charge in [0.1, 0.15) is 11.4 Å². The summed E-state index contributed by atoms with van der Waals surface area (Å²) in [6, 6.07) is 17.1. The van der Waals surface area contributed by atoms with Crippen molar-refractivity contribution in [3.63, 3.8) is 0 Å². The SMILES string of the molecule is Cc1ccc(C2=C[C@@H]3CC[C@H]2C[C@@]3(CCN(C)CCCc2nc3ccccc3[nH]2)OC(=O)C(C)C)cc1. The molecule has 0 saturated heterocycles. The van der Waals surface area contributed by atoms with E-state index in [-0.39, 0.29) is 17.8 Å². The minimum Gasteiger partial charge on any atom is -0.458 e. The number of aromatic nitrogens is 2. The van der Waals surface area contributed by atoms with E-state index in [2.05, 4.69) is 66.3 Å². The van der Waals surface area contributed by atoms with E-state index in [1.165, 1.54) is 23.1 Å². The standard InChI is InChI=1S/C32H41N3O2/c1-22(2)31(36)37-32(21-25-15-16-26(32)20-27(25)24-13-11-23(3)12-14-24)17-19-35(4)18-7-10-30-33-28-8-5-6-9-29(28)34-30/h5-6,8-9,11-14,20,22,25-26H,7,10,15-19,21H2,1-4H3,(H,33,34)/t25-,26-,32+/m0/s1. The lowest BCUT2D eigenvalue weighted by Gasteiger charge is -2.50. The summed E-state index contributed by atoms with van der Waals surface area (Å²) in [6.07, 6.45) is 8.50. The van der Waals surface area contributed by atoms with Crippen molar-refractivity contribution in [1.29, 1.82) is 0 Å². The highest BCUT2D eigenvalue weighted by Crippen LogP contribution is 2.53. The number of ether oxygens (including phenoxy) is 1. The molecule has 2 aromatic carbocycles. The van der Waals surface area contributed by atoms with Crippen molar-refractivity contribution in [2.45, 2.75) is 64.9 Å². The first-order valence-electron chi connectivity index (χ1n) is 14.0. The second-order valence-corrected chi connectivity index (χ2v) is 11.6. The van der Waals surface area contributed by atoms with Crippen molar-refractivity contribution >= 4 is 22.6 Å². The van der Waals surface area contributed by atoms with Crippen LogP contribution in [0.1, 0.15) is 62.9 Å². The maximum atomic E-state index is 12.9. The molecule has 1 fully saturated rings. The van der Waals surface area contributed by atoms with Gasteiger partial charge in [0.05, 0.1) is 17.0 Å². The van der Waals surface area contributed by atoms with Crippen LogP contribution in [0.4, 0.5) is 0 Å². The van der Waals surface area contributed by atoms with Gasteiger partial charge in [0.15, 0.2) is 0 Å². The summed E-state index contributed by atoms with van der Waals surface area (Å²) in [5.41, 5.74) is 5.80. The fraction of sp³-hybridized carbons (Fsp3) is 0.500. The number of aryl methyl sites for hydroxylation is 2. The average Bonchev–Trinajstić information content (AvgIpc) is 3.31. The number of aromatic amines is 1. The summed E-state index contributed by atoms with van der Waals surface area (Å²) in [4.78, 5) is 23.4. The summed E-state index contributed by atoms with van der Waals surface area (Å²) >= 11 is 0. The van der Waals surface area contributed by atoms with Gasteiger partial charge in [0.25, 0.3) is 0 Å². The molecule has 3 aliphatic rings. The Bertz CT molecular complexity index is 1230. The van der Waals surface area contributed by atoms with Gasteiger partial charge in [0, 0.05) is 25.3 Å². The smallest absolute Gasteiger partial charge is 0.308 e. The van der Waals surface area contributed by atoms with Crippen molar-refractivity contribution in [3.05, 3.63) is 71.6 Å². The van der Waals surface area contributed by atoms with E-state index in [0.29, 0.717) is 5.92 Å². The molecule has 1 heterocycles. The first kappa shape index (κ1) is 25.7. The van der Waals surface area contributed by atoms with Gasteiger partial charge < -0.3 is 14.6 Å². The Morgan fingerprint density at radius 3 is 2.62 bits per heavy atom. The number of esters is 1. The van der Waals surface area contributed by atoms with Crippen LogP contribution in [-0.4, -0.2) is 46.6 Å². The molecule has 0 unspecified atom stereocenters. The molecule has 37 heavy (non-hydrogen) atoms. The maximum absolute atomic E-state index is 12.9. The zero-order valence-electron chi connectivity index (χ0n) is 22.8. The summed E-state index contributed by atoms with van der Waals surface area (Å²) in [6.45, 7) is 7.92. The molecule has 1 aromatic heterocycles. The van der Waals surface area contributed by atoms with E-state index in [1.807, 2.05) is 26.0 Å². The van der Waals surface area contributed by atoms with Crippen LogP contribution < -0.4 is 0 Å². The molecule has 3 aliphatic carbocycles. The number of rotatable bonds is 10. The number of para-hydroxylation sites is 2. The van der Waals surface area contributed by atoms with Crippen LogP contribution in [0, 0.1) is 24.7 Å². The predicted molar refractivity (Wildman–Crippen MR) is 150 cm³/mol. The van der Waals surface area contributed by atoms with E-state index in [1.54, 1.807) is 0 Å². The van der Waals surface area contributed by atoms with Crippen LogP contribution in [0.15, 0.2) is 54.6 Å². The number of imidazole rings is 1. The number of allylic oxidation sites excluding steroid dienone is 1.